The summed E-state index contributed by atoms with van der Waals surface area (Å²) < 4.78 is 49.6. The first kappa shape index (κ1) is 25.3. The van der Waals surface area contributed by atoms with Gasteiger partial charge in [0.25, 0.3) is 0 Å². The van der Waals surface area contributed by atoms with Gasteiger partial charge in [0, 0.05) is 0 Å². The number of halogens is 3. The van der Waals surface area contributed by atoms with Gasteiger partial charge < -0.3 is 4.74 Å². The Bertz CT molecular complexity index is 911. The van der Waals surface area contributed by atoms with E-state index in [9.17, 15) is 13.2 Å². The van der Waals surface area contributed by atoms with Crippen LogP contribution in [0.3, 0.4) is 0 Å². The maximum Gasteiger partial charge on any atom is 0.386 e. The molecule has 2 aromatic carbocycles. The van der Waals surface area contributed by atoms with Gasteiger partial charge in [0.1, 0.15) is 5.82 Å². The van der Waals surface area contributed by atoms with Crippen LogP contribution in [0.25, 0.3) is 0 Å². The smallest absolute Gasteiger partial charge is 0.309 e. The molecule has 1 atom stereocenters. The first-order chi connectivity index (χ1) is 15.8. The summed E-state index contributed by atoms with van der Waals surface area (Å²) >= 11 is 0. The topological polar surface area (TPSA) is 9.23 Å². The van der Waals surface area contributed by atoms with E-state index >= 15 is 0 Å². The molecule has 1 nitrogen and oxygen atoms in total. The fourth-order valence-corrected chi connectivity index (χ4v) is 4.74. The van der Waals surface area contributed by atoms with Gasteiger partial charge in [-0.1, -0.05) is 42.5 Å². The summed E-state index contributed by atoms with van der Waals surface area (Å²) in [5, 5.41) is 0. The van der Waals surface area contributed by atoms with Crippen LogP contribution >= 0.6 is 0 Å². The Morgan fingerprint density at radius 1 is 1.00 bits per heavy atom. The summed E-state index contributed by atoms with van der Waals surface area (Å²) in [4.78, 5) is 0. The maximum absolute atomic E-state index is 14.9. The summed E-state index contributed by atoms with van der Waals surface area (Å²) in [6, 6.07) is 11.5. The van der Waals surface area contributed by atoms with Crippen molar-refractivity contribution in [1.29, 1.82) is 0 Å². The molecule has 3 rings (SSSR count). The van der Waals surface area contributed by atoms with E-state index in [1.54, 1.807) is 25.1 Å². The molecule has 1 aliphatic rings. The van der Waals surface area contributed by atoms with Gasteiger partial charge in [0.15, 0.2) is 0 Å². The van der Waals surface area contributed by atoms with Gasteiger partial charge >= 0.3 is 6.11 Å². The molecule has 0 bridgehead atoms. The lowest BCUT2D eigenvalue weighted by molar-refractivity contribution is -0.273. The number of rotatable bonds is 11. The summed E-state index contributed by atoms with van der Waals surface area (Å²) in [5.74, 6) is -0.00139. The fourth-order valence-electron chi connectivity index (χ4n) is 4.74. The van der Waals surface area contributed by atoms with Crippen molar-refractivity contribution in [2.45, 2.75) is 76.4 Å². The van der Waals surface area contributed by atoms with Crippen LogP contribution in [-0.4, -0.2) is 0 Å². The predicted molar refractivity (Wildman–Crippen MR) is 129 cm³/mol. The number of allylic oxidation sites excluding steroid dienone is 2. The monoisotopic (exact) mass is 456 g/mol. The van der Waals surface area contributed by atoms with E-state index in [1.165, 1.54) is 12.1 Å². The Balaban J connectivity index is 1.63. The SMILES string of the molecule is C=CCCc1ccc(C(C)OC(F)(F)c2ccc(C3CCC(CCC=C)CC3)cc2F)cc1. The van der Waals surface area contributed by atoms with E-state index < -0.39 is 23.6 Å². The normalized spacial score (nSPS) is 19.8. The lowest BCUT2D eigenvalue weighted by Gasteiger charge is -2.29. The molecule has 0 radical (unpaired) electrons. The molecule has 178 valence electrons. The molecule has 0 N–H and O–H groups in total. The van der Waals surface area contributed by atoms with Crippen molar-refractivity contribution < 1.29 is 17.9 Å². The molecule has 2 aromatic rings. The van der Waals surface area contributed by atoms with Crippen LogP contribution in [0.4, 0.5) is 13.2 Å². The highest BCUT2D eigenvalue weighted by atomic mass is 19.3. The van der Waals surface area contributed by atoms with Crippen molar-refractivity contribution in [1.82, 2.24) is 0 Å². The Kier molecular flexibility index (Phi) is 8.96. The standard InChI is InChI=1S/C29H35F3O/c1-4-6-8-22-10-14-24(15-11-22)21(3)33-29(31,32)27-19-18-26(20-28(27)30)25-16-12-23(13-17-25)9-7-5-2/h4-5,10-11,14-15,18-21,23,25H,1-2,6-9,12-13,16-17H2,3H3. The van der Waals surface area contributed by atoms with Gasteiger partial charge in [0.05, 0.1) is 11.7 Å². The zero-order valence-electron chi connectivity index (χ0n) is 19.5. The average molecular weight is 457 g/mol. The van der Waals surface area contributed by atoms with Crippen LogP contribution in [0.5, 0.6) is 0 Å². The Labute approximate surface area is 196 Å². The number of benzene rings is 2. The van der Waals surface area contributed by atoms with Crippen LogP contribution in [0.2, 0.25) is 0 Å². The van der Waals surface area contributed by atoms with E-state index in [0.29, 0.717) is 11.5 Å². The first-order valence-corrected chi connectivity index (χ1v) is 12.0. The van der Waals surface area contributed by atoms with Gasteiger partial charge in [-0.15, -0.1) is 13.2 Å². The van der Waals surface area contributed by atoms with E-state index in [0.717, 1.165) is 62.5 Å². The third-order valence-electron chi connectivity index (χ3n) is 6.81. The molecule has 1 aliphatic carbocycles. The molecule has 1 unspecified atom stereocenters. The largest absolute Gasteiger partial charge is 0.386 e. The van der Waals surface area contributed by atoms with Gasteiger partial charge in [-0.2, -0.15) is 8.78 Å². The van der Waals surface area contributed by atoms with Crippen LogP contribution < -0.4 is 0 Å². The van der Waals surface area contributed by atoms with E-state index in [1.807, 2.05) is 24.3 Å². The molecule has 0 aliphatic heterocycles. The lowest BCUT2D eigenvalue weighted by atomic mass is 9.77. The van der Waals surface area contributed by atoms with Crippen molar-refractivity contribution in [2.24, 2.45) is 5.92 Å². The van der Waals surface area contributed by atoms with Crippen LogP contribution in [0.1, 0.15) is 86.1 Å². The van der Waals surface area contributed by atoms with Gasteiger partial charge in [-0.3, -0.25) is 0 Å². The summed E-state index contributed by atoms with van der Waals surface area (Å²) in [7, 11) is 0. The highest BCUT2D eigenvalue weighted by Gasteiger charge is 2.38. The third-order valence-corrected chi connectivity index (χ3v) is 6.81. The van der Waals surface area contributed by atoms with Crippen molar-refractivity contribution in [3.63, 3.8) is 0 Å². The quantitative estimate of drug-likeness (QED) is 0.307. The van der Waals surface area contributed by atoms with E-state index in [2.05, 4.69) is 13.2 Å². The highest BCUT2D eigenvalue weighted by Crippen LogP contribution is 2.41. The number of aryl methyl sites for hydroxylation is 1. The molecule has 33 heavy (non-hydrogen) atoms. The molecule has 0 aromatic heterocycles. The third kappa shape index (κ3) is 6.83. The predicted octanol–water partition coefficient (Wildman–Crippen LogP) is 9.01. The highest BCUT2D eigenvalue weighted by molar-refractivity contribution is 5.30. The van der Waals surface area contributed by atoms with Crippen molar-refractivity contribution >= 4 is 0 Å². The Hall–Kier alpha value is -2.33. The summed E-state index contributed by atoms with van der Waals surface area (Å²) in [5.41, 5.74) is 1.83. The van der Waals surface area contributed by atoms with Gasteiger partial charge in [-0.25, -0.2) is 4.39 Å². The van der Waals surface area contributed by atoms with E-state index in [-0.39, 0.29) is 5.92 Å². The molecule has 0 heterocycles. The second kappa shape index (κ2) is 11.7. The fraction of sp³-hybridized carbons (Fsp3) is 0.448. The minimum atomic E-state index is -3.72. The Morgan fingerprint density at radius 3 is 2.27 bits per heavy atom. The lowest BCUT2D eigenvalue weighted by Crippen LogP contribution is -2.22. The Morgan fingerprint density at radius 2 is 1.67 bits per heavy atom. The van der Waals surface area contributed by atoms with Crippen LogP contribution in [-0.2, 0) is 17.3 Å². The zero-order valence-corrected chi connectivity index (χ0v) is 19.5. The molecule has 4 heteroatoms. The van der Waals surface area contributed by atoms with E-state index in [4.69, 9.17) is 4.74 Å². The van der Waals surface area contributed by atoms with Crippen molar-refractivity contribution in [2.75, 3.05) is 0 Å². The van der Waals surface area contributed by atoms with Crippen molar-refractivity contribution in [3.05, 3.63) is 95.8 Å². The second-order valence-electron chi connectivity index (χ2n) is 9.17. The zero-order chi connectivity index (χ0) is 23.8. The minimum absolute atomic E-state index is 0.224. The van der Waals surface area contributed by atoms with Crippen LogP contribution in [0.15, 0.2) is 67.8 Å². The maximum atomic E-state index is 14.9. The minimum Gasteiger partial charge on any atom is -0.309 e. The summed E-state index contributed by atoms with van der Waals surface area (Å²) in [6.07, 6.45) is 7.17. The molecule has 1 fully saturated rings. The first-order valence-electron chi connectivity index (χ1n) is 12.0. The molecule has 1 saturated carbocycles. The van der Waals surface area contributed by atoms with Gasteiger partial charge in [0.2, 0.25) is 0 Å². The summed E-state index contributed by atoms with van der Waals surface area (Å²) in [6.45, 7) is 9.04. The number of hydrogen-bond donors (Lipinski definition) is 0. The molecular formula is C29H35F3O. The number of ether oxygens (including phenoxy) is 1. The molecule has 0 amide bonds. The molecular weight excluding hydrogens is 421 g/mol. The van der Waals surface area contributed by atoms with Gasteiger partial charge in [-0.05, 0) is 98.9 Å². The number of alkyl halides is 2. The number of hydrogen-bond acceptors (Lipinski definition) is 1. The van der Waals surface area contributed by atoms with Crippen LogP contribution in [0, 0.1) is 11.7 Å². The average Bonchev–Trinajstić information content (AvgIpc) is 2.81. The molecule has 0 saturated heterocycles. The second-order valence-corrected chi connectivity index (χ2v) is 9.17. The van der Waals surface area contributed by atoms with Crippen molar-refractivity contribution in [3.8, 4) is 0 Å². The molecule has 0 spiro atoms.